The molecule has 3 aromatic rings. The second-order valence-corrected chi connectivity index (χ2v) is 11.1. The maximum Gasteiger partial charge on any atom is 0.415 e. The lowest BCUT2D eigenvalue weighted by atomic mass is 10.0. The fourth-order valence-electron chi connectivity index (χ4n) is 5.76. The van der Waals surface area contributed by atoms with E-state index in [0.29, 0.717) is 44.6 Å². The Balaban J connectivity index is 1.23. The lowest BCUT2D eigenvalue weighted by Crippen LogP contribution is -2.50. The predicted molar refractivity (Wildman–Crippen MR) is 168 cm³/mol. The van der Waals surface area contributed by atoms with Crippen LogP contribution in [0.2, 0.25) is 0 Å². The van der Waals surface area contributed by atoms with Crippen LogP contribution in [-0.2, 0) is 27.3 Å². The van der Waals surface area contributed by atoms with Gasteiger partial charge in [-0.1, -0.05) is 48.5 Å². The summed E-state index contributed by atoms with van der Waals surface area (Å²) in [5.74, 6) is -0.123. The van der Waals surface area contributed by atoms with Crippen molar-refractivity contribution in [3.63, 3.8) is 0 Å². The molecule has 3 aromatic carbocycles. The SMILES string of the molecule is CCOC(=O)C(=Cc1cc(C)c(OCc2ccccc2)c(C)c1)OC(=O)N1CCC(N2CCc3ccccc3NC2=O)CC1. The summed E-state index contributed by atoms with van der Waals surface area (Å²) in [6, 6.07) is 21.4. The van der Waals surface area contributed by atoms with Gasteiger partial charge in [-0.05, 0) is 92.1 Å². The van der Waals surface area contributed by atoms with Crippen molar-refractivity contribution in [3.05, 3.63) is 100 Å². The van der Waals surface area contributed by atoms with E-state index in [1.54, 1.807) is 11.8 Å². The van der Waals surface area contributed by atoms with E-state index in [2.05, 4.69) is 5.32 Å². The van der Waals surface area contributed by atoms with E-state index in [0.717, 1.165) is 40.1 Å². The molecule has 0 spiro atoms. The molecular weight excluding hydrogens is 558 g/mol. The average molecular weight is 598 g/mol. The number of carbonyl (C=O) groups is 3. The van der Waals surface area contributed by atoms with Gasteiger partial charge >= 0.3 is 18.1 Å². The first-order valence-corrected chi connectivity index (χ1v) is 15.1. The molecule has 2 aliphatic heterocycles. The highest BCUT2D eigenvalue weighted by Crippen LogP contribution is 2.28. The number of anilines is 1. The molecule has 5 rings (SSSR count). The molecule has 0 radical (unpaired) electrons. The summed E-state index contributed by atoms with van der Waals surface area (Å²) in [4.78, 5) is 42.4. The molecule has 2 heterocycles. The number of nitrogens with zero attached hydrogens (tertiary/aromatic N) is 2. The number of esters is 1. The van der Waals surface area contributed by atoms with Gasteiger partial charge in [0.15, 0.2) is 0 Å². The summed E-state index contributed by atoms with van der Waals surface area (Å²) in [5.41, 5.74) is 5.50. The fourth-order valence-corrected chi connectivity index (χ4v) is 5.76. The molecule has 0 unspecified atom stereocenters. The van der Waals surface area contributed by atoms with Crippen LogP contribution in [0.25, 0.3) is 6.08 Å². The molecule has 1 N–H and O–H groups in total. The Hall–Kier alpha value is -4.79. The molecule has 0 saturated carbocycles. The highest BCUT2D eigenvalue weighted by molar-refractivity contribution is 5.94. The quantitative estimate of drug-likeness (QED) is 0.181. The fraction of sp³-hybridized carbons (Fsp3) is 0.343. The summed E-state index contributed by atoms with van der Waals surface area (Å²) in [7, 11) is 0. The first-order valence-electron chi connectivity index (χ1n) is 15.1. The average Bonchev–Trinajstić information content (AvgIpc) is 3.19. The number of rotatable bonds is 8. The third kappa shape index (κ3) is 7.40. The van der Waals surface area contributed by atoms with Crippen molar-refractivity contribution in [2.45, 2.75) is 52.7 Å². The first-order chi connectivity index (χ1) is 21.3. The van der Waals surface area contributed by atoms with Crippen LogP contribution in [0, 0.1) is 13.8 Å². The van der Waals surface area contributed by atoms with Crippen LogP contribution in [0.15, 0.2) is 72.5 Å². The van der Waals surface area contributed by atoms with Gasteiger partial charge in [0.05, 0.1) is 6.61 Å². The number of para-hydroxylation sites is 1. The summed E-state index contributed by atoms with van der Waals surface area (Å²) < 4.78 is 16.9. The van der Waals surface area contributed by atoms with Gasteiger partial charge < -0.3 is 29.3 Å². The second kappa shape index (κ2) is 14.1. The molecular formula is C35H39N3O6. The Morgan fingerprint density at radius 3 is 2.34 bits per heavy atom. The number of amides is 3. The molecule has 230 valence electrons. The number of nitrogens with one attached hydrogen (secondary N) is 1. The number of carbonyl (C=O) groups excluding carboxylic acids is 3. The lowest BCUT2D eigenvalue weighted by molar-refractivity contribution is -0.141. The number of likely N-dealkylation sites (tertiary alicyclic amines) is 1. The van der Waals surface area contributed by atoms with Gasteiger partial charge in [-0.2, -0.15) is 0 Å². The minimum absolute atomic E-state index is 0.00186. The highest BCUT2D eigenvalue weighted by atomic mass is 16.6. The van der Waals surface area contributed by atoms with Crippen molar-refractivity contribution >= 4 is 29.9 Å². The zero-order chi connectivity index (χ0) is 31.1. The van der Waals surface area contributed by atoms with Gasteiger partial charge in [0.25, 0.3) is 0 Å². The van der Waals surface area contributed by atoms with Crippen molar-refractivity contribution in [2.24, 2.45) is 0 Å². The number of ether oxygens (including phenoxy) is 3. The number of aryl methyl sites for hydroxylation is 2. The Bertz CT molecular complexity index is 1510. The van der Waals surface area contributed by atoms with E-state index in [4.69, 9.17) is 14.2 Å². The van der Waals surface area contributed by atoms with Crippen LogP contribution in [0.5, 0.6) is 5.75 Å². The standard InChI is InChI=1S/C35H39N3O6/c1-4-42-33(39)31(22-27-20-24(2)32(25(3)21-27)43-23-26-10-6-5-7-11-26)44-35(41)37-17-15-29(16-18-37)38-19-14-28-12-8-9-13-30(28)36-34(38)40/h5-13,20-22,29H,4,14-19,23H2,1-3H3,(H,36,40). The second-order valence-electron chi connectivity index (χ2n) is 11.1. The number of benzene rings is 3. The van der Waals surface area contributed by atoms with Gasteiger partial charge in [-0.3, -0.25) is 0 Å². The summed E-state index contributed by atoms with van der Waals surface area (Å²) in [6.45, 7) is 7.59. The van der Waals surface area contributed by atoms with Gasteiger partial charge in [0, 0.05) is 31.4 Å². The van der Waals surface area contributed by atoms with Crippen LogP contribution in [0.1, 0.15) is 47.6 Å². The van der Waals surface area contributed by atoms with Crippen LogP contribution in [-0.4, -0.2) is 60.2 Å². The number of fused-ring (bicyclic) bond motifs is 1. The number of piperidine rings is 1. The topological polar surface area (TPSA) is 97.4 Å². The van der Waals surface area contributed by atoms with E-state index >= 15 is 0 Å². The smallest absolute Gasteiger partial charge is 0.415 e. The lowest BCUT2D eigenvalue weighted by Gasteiger charge is -2.37. The van der Waals surface area contributed by atoms with Crippen molar-refractivity contribution < 1.29 is 28.6 Å². The van der Waals surface area contributed by atoms with Crippen molar-refractivity contribution in [1.29, 1.82) is 0 Å². The minimum Gasteiger partial charge on any atom is -0.488 e. The molecule has 3 amide bonds. The predicted octanol–water partition coefficient (Wildman–Crippen LogP) is 6.48. The van der Waals surface area contributed by atoms with Crippen molar-refractivity contribution in [1.82, 2.24) is 9.80 Å². The van der Waals surface area contributed by atoms with E-state index in [1.165, 1.54) is 6.08 Å². The molecule has 1 saturated heterocycles. The van der Waals surface area contributed by atoms with Gasteiger partial charge in [-0.15, -0.1) is 0 Å². The van der Waals surface area contributed by atoms with Gasteiger partial charge in [0.2, 0.25) is 5.76 Å². The van der Waals surface area contributed by atoms with Crippen LogP contribution in [0.4, 0.5) is 15.3 Å². The molecule has 44 heavy (non-hydrogen) atoms. The molecule has 0 bridgehead atoms. The maximum atomic E-state index is 13.2. The molecule has 9 nitrogen and oxygen atoms in total. The Kier molecular flexibility index (Phi) is 9.84. The third-order valence-electron chi connectivity index (χ3n) is 7.99. The van der Waals surface area contributed by atoms with Crippen LogP contribution >= 0.6 is 0 Å². The maximum absolute atomic E-state index is 13.2. The number of urea groups is 1. The van der Waals surface area contributed by atoms with E-state index in [1.807, 2.05) is 85.5 Å². The molecule has 0 atom stereocenters. The van der Waals surface area contributed by atoms with Crippen LogP contribution < -0.4 is 10.1 Å². The zero-order valence-corrected chi connectivity index (χ0v) is 25.5. The van der Waals surface area contributed by atoms with E-state index in [9.17, 15) is 14.4 Å². The van der Waals surface area contributed by atoms with Gasteiger partial charge in [0.1, 0.15) is 12.4 Å². The normalized spacial score (nSPS) is 15.6. The summed E-state index contributed by atoms with van der Waals surface area (Å²) >= 11 is 0. The zero-order valence-electron chi connectivity index (χ0n) is 25.5. The van der Waals surface area contributed by atoms with Crippen molar-refractivity contribution in [3.8, 4) is 5.75 Å². The number of hydrogen-bond acceptors (Lipinski definition) is 6. The summed E-state index contributed by atoms with van der Waals surface area (Å²) in [6.07, 6.45) is 2.90. The van der Waals surface area contributed by atoms with Crippen LogP contribution in [0.3, 0.4) is 0 Å². The first kappa shape index (κ1) is 30.7. The van der Waals surface area contributed by atoms with E-state index in [-0.39, 0.29) is 24.4 Å². The third-order valence-corrected chi connectivity index (χ3v) is 7.99. The Labute approximate surface area is 258 Å². The van der Waals surface area contributed by atoms with Gasteiger partial charge in [-0.25, -0.2) is 14.4 Å². The Morgan fingerprint density at radius 1 is 0.955 bits per heavy atom. The Morgan fingerprint density at radius 2 is 1.64 bits per heavy atom. The molecule has 0 aromatic heterocycles. The monoisotopic (exact) mass is 597 g/mol. The molecule has 1 fully saturated rings. The molecule has 2 aliphatic rings. The molecule has 9 heteroatoms. The largest absolute Gasteiger partial charge is 0.488 e. The summed E-state index contributed by atoms with van der Waals surface area (Å²) in [5, 5.41) is 3.02. The minimum atomic E-state index is -0.712. The van der Waals surface area contributed by atoms with Crippen molar-refractivity contribution in [2.75, 3.05) is 31.6 Å². The number of hydrogen-bond donors (Lipinski definition) is 1. The molecule has 0 aliphatic carbocycles. The van der Waals surface area contributed by atoms with E-state index < -0.39 is 12.1 Å². The highest BCUT2D eigenvalue weighted by Gasteiger charge is 2.32.